The second-order valence-corrected chi connectivity index (χ2v) is 5.33. The highest BCUT2D eigenvalue weighted by atomic mass is 16.6. The van der Waals surface area contributed by atoms with Gasteiger partial charge in [-0.3, -0.25) is 10.1 Å². The molecule has 0 radical (unpaired) electrons. The first-order valence-corrected chi connectivity index (χ1v) is 5.99. The molecule has 0 aliphatic carbocycles. The third-order valence-electron chi connectivity index (χ3n) is 2.61. The molecule has 0 aromatic heterocycles. The number of piperidine rings is 1. The number of carbonyl (C=O) groups is 2. The van der Waals surface area contributed by atoms with E-state index in [1.807, 2.05) is 0 Å². The Labute approximate surface area is 106 Å². The Morgan fingerprint density at radius 3 is 2.50 bits per heavy atom. The summed E-state index contributed by atoms with van der Waals surface area (Å²) in [5, 5.41) is 9.97. The fraction of sp³-hybridized carbons (Fsp3) is 0.818. The monoisotopic (exact) mass is 259 g/mol. The molecule has 7 nitrogen and oxygen atoms in total. The lowest BCUT2D eigenvalue weighted by atomic mass is 10.1. The number of ether oxygens (including phenoxy) is 1. The number of hydroxylamine groups is 2. The fourth-order valence-electron chi connectivity index (χ4n) is 1.85. The minimum absolute atomic E-state index is 0.392. The quantitative estimate of drug-likeness (QED) is 0.551. The van der Waals surface area contributed by atoms with E-state index in [2.05, 4.69) is 0 Å². The summed E-state index contributed by atoms with van der Waals surface area (Å²) >= 11 is 0. The largest absolute Gasteiger partial charge is 0.444 e. The van der Waals surface area contributed by atoms with Gasteiger partial charge in [0.2, 0.25) is 0 Å². The van der Waals surface area contributed by atoms with Gasteiger partial charge in [-0.05, 0) is 40.0 Å². The van der Waals surface area contributed by atoms with Gasteiger partial charge >= 0.3 is 12.1 Å². The Bertz CT molecular complexity index is 327. The lowest BCUT2D eigenvalue weighted by Crippen LogP contribution is -2.56. The number of primary amides is 1. The molecule has 0 aromatic rings. The molecule has 0 saturated carbocycles. The van der Waals surface area contributed by atoms with Crippen LogP contribution in [0.15, 0.2) is 0 Å². The molecule has 1 rings (SSSR count). The standard InChI is InChI=1S/C11H21N3O4/c1-11(2,3)18-10(16)13-7-5-4-6-8(13)14(17)9(12)15/h8,17H,4-7H2,1-3H3,(H2,12,15)/t8-/m1/s1. The van der Waals surface area contributed by atoms with Crippen molar-refractivity contribution < 1.29 is 19.5 Å². The van der Waals surface area contributed by atoms with Gasteiger partial charge in [0.05, 0.1) is 0 Å². The summed E-state index contributed by atoms with van der Waals surface area (Å²) < 4.78 is 5.23. The number of amides is 3. The van der Waals surface area contributed by atoms with Gasteiger partial charge < -0.3 is 10.5 Å². The molecular formula is C11H21N3O4. The molecule has 3 N–H and O–H groups in total. The molecule has 0 bridgehead atoms. The van der Waals surface area contributed by atoms with Crippen LogP contribution in [0.3, 0.4) is 0 Å². The highest BCUT2D eigenvalue weighted by Crippen LogP contribution is 2.21. The fourth-order valence-corrected chi connectivity index (χ4v) is 1.85. The van der Waals surface area contributed by atoms with Crippen molar-refractivity contribution >= 4 is 12.1 Å². The molecule has 1 aliphatic heterocycles. The molecule has 1 aliphatic rings. The normalized spacial score (nSPS) is 20.4. The summed E-state index contributed by atoms with van der Waals surface area (Å²) in [5.41, 5.74) is 4.40. The third kappa shape index (κ3) is 3.76. The van der Waals surface area contributed by atoms with Crippen LogP contribution >= 0.6 is 0 Å². The van der Waals surface area contributed by atoms with Crippen LogP contribution in [0, 0.1) is 0 Å². The first kappa shape index (κ1) is 14.6. The lowest BCUT2D eigenvalue weighted by molar-refractivity contribution is -0.133. The summed E-state index contributed by atoms with van der Waals surface area (Å²) in [6.07, 6.45) is 0.814. The summed E-state index contributed by atoms with van der Waals surface area (Å²) in [6, 6.07) is -0.976. The van der Waals surface area contributed by atoms with Gasteiger partial charge in [0.25, 0.3) is 0 Å². The first-order valence-electron chi connectivity index (χ1n) is 5.99. The summed E-state index contributed by atoms with van der Waals surface area (Å²) in [6.45, 7) is 5.71. The van der Waals surface area contributed by atoms with Gasteiger partial charge in [-0.15, -0.1) is 0 Å². The van der Waals surface area contributed by atoms with Crippen molar-refractivity contribution in [1.29, 1.82) is 0 Å². The van der Waals surface area contributed by atoms with Crippen LogP contribution < -0.4 is 5.73 Å². The highest BCUT2D eigenvalue weighted by Gasteiger charge is 2.35. The predicted octanol–water partition coefficient (Wildman–Crippen LogP) is 1.50. The summed E-state index contributed by atoms with van der Waals surface area (Å²) in [4.78, 5) is 24.3. The van der Waals surface area contributed by atoms with Crippen molar-refractivity contribution in [2.45, 2.75) is 51.8 Å². The van der Waals surface area contributed by atoms with Crippen LogP contribution in [-0.4, -0.2) is 45.6 Å². The van der Waals surface area contributed by atoms with E-state index in [-0.39, 0.29) is 0 Å². The van der Waals surface area contributed by atoms with E-state index in [1.165, 1.54) is 4.90 Å². The minimum Gasteiger partial charge on any atom is -0.444 e. The maximum atomic E-state index is 12.0. The zero-order valence-corrected chi connectivity index (χ0v) is 11.0. The van der Waals surface area contributed by atoms with Gasteiger partial charge in [-0.25, -0.2) is 9.59 Å². The van der Waals surface area contributed by atoms with Gasteiger partial charge in [-0.2, -0.15) is 5.06 Å². The molecule has 3 amide bonds. The second-order valence-electron chi connectivity index (χ2n) is 5.33. The molecule has 1 heterocycles. The number of rotatable bonds is 1. The molecular weight excluding hydrogens is 238 g/mol. The van der Waals surface area contributed by atoms with Crippen LogP contribution in [0.1, 0.15) is 40.0 Å². The average molecular weight is 259 g/mol. The zero-order chi connectivity index (χ0) is 13.9. The average Bonchev–Trinajstić information content (AvgIpc) is 2.25. The number of carbonyl (C=O) groups excluding carboxylic acids is 2. The van der Waals surface area contributed by atoms with Gasteiger partial charge in [0.1, 0.15) is 11.8 Å². The maximum absolute atomic E-state index is 12.0. The van der Waals surface area contributed by atoms with E-state index < -0.39 is 23.9 Å². The zero-order valence-electron chi connectivity index (χ0n) is 11.0. The molecule has 1 saturated heterocycles. The van der Waals surface area contributed by atoms with Crippen molar-refractivity contribution in [3.05, 3.63) is 0 Å². The topological polar surface area (TPSA) is 96.1 Å². The molecule has 0 spiro atoms. The third-order valence-corrected chi connectivity index (χ3v) is 2.61. The molecule has 7 heteroatoms. The summed E-state index contributed by atoms with van der Waals surface area (Å²) in [7, 11) is 0. The van der Waals surface area contributed by atoms with Crippen LogP contribution in [0.4, 0.5) is 9.59 Å². The maximum Gasteiger partial charge on any atom is 0.412 e. The van der Waals surface area contributed by atoms with Crippen molar-refractivity contribution in [3.63, 3.8) is 0 Å². The molecule has 104 valence electrons. The van der Waals surface area contributed by atoms with E-state index in [4.69, 9.17) is 10.5 Å². The molecule has 1 fully saturated rings. The second kappa shape index (κ2) is 5.43. The van der Waals surface area contributed by atoms with Gasteiger partial charge in [0.15, 0.2) is 0 Å². The highest BCUT2D eigenvalue weighted by molar-refractivity contribution is 5.73. The Morgan fingerprint density at radius 2 is 2.00 bits per heavy atom. The Balaban J connectivity index is 2.76. The van der Waals surface area contributed by atoms with Crippen LogP contribution in [-0.2, 0) is 4.74 Å². The molecule has 0 aromatic carbocycles. The summed E-state index contributed by atoms with van der Waals surface area (Å²) in [5.74, 6) is 0. The van der Waals surface area contributed by atoms with E-state index in [0.29, 0.717) is 18.0 Å². The van der Waals surface area contributed by atoms with Crippen molar-refractivity contribution in [1.82, 2.24) is 9.96 Å². The van der Waals surface area contributed by atoms with Crippen molar-refractivity contribution in [2.75, 3.05) is 6.54 Å². The Hall–Kier alpha value is -1.50. The van der Waals surface area contributed by atoms with Gasteiger partial charge in [0, 0.05) is 6.54 Å². The Kier molecular flexibility index (Phi) is 4.39. The van der Waals surface area contributed by atoms with E-state index in [9.17, 15) is 14.8 Å². The van der Waals surface area contributed by atoms with E-state index >= 15 is 0 Å². The van der Waals surface area contributed by atoms with Crippen LogP contribution in [0.5, 0.6) is 0 Å². The molecule has 18 heavy (non-hydrogen) atoms. The first-order chi connectivity index (χ1) is 8.22. The minimum atomic E-state index is -0.976. The number of hydrogen-bond acceptors (Lipinski definition) is 4. The van der Waals surface area contributed by atoms with Gasteiger partial charge in [-0.1, -0.05) is 0 Å². The number of nitrogens with zero attached hydrogens (tertiary/aromatic N) is 2. The molecule has 1 atom stereocenters. The lowest BCUT2D eigenvalue weighted by Gasteiger charge is -2.39. The number of nitrogens with two attached hydrogens (primary N) is 1. The van der Waals surface area contributed by atoms with Crippen molar-refractivity contribution in [2.24, 2.45) is 5.73 Å². The Morgan fingerprint density at radius 1 is 1.39 bits per heavy atom. The number of hydrogen-bond donors (Lipinski definition) is 2. The van der Waals surface area contributed by atoms with E-state index in [1.54, 1.807) is 20.8 Å². The smallest absolute Gasteiger partial charge is 0.412 e. The molecule has 0 unspecified atom stereocenters. The predicted molar refractivity (Wildman–Crippen MR) is 63.8 cm³/mol. The van der Waals surface area contributed by atoms with Crippen LogP contribution in [0.2, 0.25) is 0 Å². The van der Waals surface area contributed by atoms with E-state index in [0.717, 1.165) is 12.8 Å². The van der Waals surface area contributed by atoms with Crippen molar-refractivity contribution in [3.8, 4) is 0 Å². The number of urea groups is 1. The SMILES string of the molecule is CC(C)(C)OC(=O)N1CCCC[C@H]1N(O)C(N)=O. The van der Waals surface area contributed by atoms with Crippen LogP contribution in [0.25, 0.3) is 0 Å². The number of likely N-dealkylation sites (tertiary alicyclic amines) is 1.